The lowest BCUT2D eigenvalue weighted by molar-refractivity contribution is -0.301. The van der Waals surface area contributed by atoms with E-state index in [1.165, 1.54) is 0 Å². The molecule has 0 saturated carbocycles. The van der Waals surface area contributed by atoms with E-state index in [-0.39, 0.29) is 104 Å². The number of ketones is 1. The summed E-state index contributed by atoms with van der Waals surface area (Å²) in [6, 6.07) is 0. The van der Waals surface area contributed by atoms with Crippen LogP contribution in [-0.2, 0) is 42.7 Å². The minimum atomic E-state index is -0.875. The van der Waals surface area contributed by atoms with Crippen LogP contribution in [0.4, 0.5) is 0 Å². The molecule has 3 unspecified atom stereocenters. The highest BCUT2D eigenvalue weighted by Crippen LogP contribution is 2.58. The normalized spacial score (nSPS) is 53.8. The Balaban J connectivity index is 0.995. The summed E-state index contributed by atoms with van der Waals surface area (Å²) in [6.07, 6.45) is 5.47. The molecule has 0 aromatic carbocycles. The minimum Gasteiger partial charge on any atom is -0.394 e. The van der Waals surface area contributed by atoms with Crippen LogP contribution in [0, 0.1) is 17.8 Å². The van der Waals surface area contributed by atoms with Crippen molar-refractivity contribution in [1.29, 1.82) is 0 Å². The van der Waals surface area contributed by atoms with Crippen LogP contribution in [0.15, 0.2) is 24.3 Å². The standard InChI is InChI=1S/C41H60O11/c1-20-12-26-6-8-30-21(2)13-28(45-30)10-11-41-18-35-38(52-41)40(5)39(49-35)37(51-41)36-31(50-40)9-7-27(47-36)14-24(43)15-29-23(4)32(16-25(44)19-42)48-34(29)17-33(46-26)22(20)3/h20,23,25-39,42,44H,2-3,6-19H2,1,4-5H3/t20-,23-,25+,26+,27-,28+,29?,30?,31+,32-,33?,34+,35-,36+,37+,38+,39+,40+,41-/m1/s1. The molecule has 0 aromatic heterocycles. The summed E-state index contributed by atoms with van der Waals surface area (Å²) in [5, 5.41) is 20.0. The highest BCUT2D eigenvalue weighted by atomic mass is 16.8. The summed E-state index contributed by atoms with van der Waals surface area (Å²) in [5.41, 5.74) is 1.60. The first kappa shape index (κ1) is 36.4. The van der Waals surface area contributed by atoms with E-state index >= 15 is 0 Å². The van der Waals surface area contributed by atoms with Crippen LogP contribution in [0.2, 0.25) is 0 Å². The molecule has 2 N–H and O–H groups in total. The van der Waals surface area contributed by atoms with Crippen molar-refractivity contribution in [2.24, 2.45) is 17.8 Å². The van der Waals surface area contributed by atoms with E-state index in [0.29, 0.717) is 44.4 Å². The van der Waals surface area contributed by atoms with Crippen molar-refractivity contribution in [3.05, 3.63) is 24.3 Å². The molecular weight excluding hydrogens is 668 g/mol. The summed E-state index contributed by atoms with van der Waals surface area (Å²) < 4.78 is 54.4. The van der Waals surface area contributed by atoms with Crippen LogP contribution < -0.4 is 0 Å². The molecule has 10 rings (SSSR count). The van der Waals surface area contributed by atoms with Gasteiger partial charge in [-0.1, -0.05) is 27.0 Å². The Hall–Kier alpha value is -1.25. The average Bonchev–Trinajstić information content (AvgIpc) is 3.76. The summed E-state index contributed by atoms with van der Waals surface area (Å²) in [4.78, 5) is 14.0. The van der Waals surface area contributed by atoms with Gasteiger partial charge in [0.25, 0.3) is 0 Å². The van der Waals surface area contributed by atoms with E-state index in [0.717, 1.165) is 56.1 Å². The van der Waals surface area contributed by atoms with Gasteiger partial charge in [0.2, 0.25) is 0 Å². The number of fused-ring (bicyclic) bond motifs is 6. The molecule has 0 aromatic rings. The van der Waals surface area contributed by atoms with Gasteiger partial charge in [-0.25, -0.2) is 0 Å². The molecule has 0 amide bonds. The molecule has 12 bridgehead atoms. The van der Waals surface area contributed by atoms with Crippen LogP contribution in [0.5, 0.6) is 0 Å². The molecule has 52 heavy (non-hydrogen) atoms. The van der Waals surface area contributed by atoms with Gasteiger partial charge in [0.1, 0.15) is 35.8 Å². The Morgan fingerprint density at radius 2 is 1.58 bits per heavy atom. The van der Waals surface area contributed by atoms with E-state index in [2.05, 4.69) is 33.9 Å². The van der Waals surface area contributed by atoms with E-state index in [1.807, 2.05) is 0 Å². The third kappa shape index (κ3) is 6.31. The maximum Gasteiger partial charge on any atom is 0.172 e. The van der Waals surface area contributed by atoms with Crippen molar-refractivity contribution in [1.82, 2.24) is 0 Å². The van der Waals surface area contributed by atoms with Gasteiger partial charge >= 0.3 is 0 Å². The van der Waals surface area contributed by atoms with Crippen LogP contribution in [0.1, 0.15) is 104 Å². The van der Waals surface area contributed by atoms with Crippen molar-refractivity contribution in [3.63, 3.8) is 0 Å². The molecule has 10 aliphatic rings. The van der Waals surface area contributed by atoms with Crippen molar-refractivity contribution >= 4 is 5.78 Å². The number of aliphatic hydroxyl groups excluding tert-OH is 2. The van der Waals surface area contributed by atoms with Gasteiger partial charge in [0.15, 0.2) is 5.79 Å². The molecule has 11 nitrogen and oxygen atoms in total. The fraction of sp³-hybridized carbons (Fsp3) is 0.878. The van der Waals surface area contributed by atoms with Crippen molar-refractivity contribution in [2.45, 2.75) is 201 Å². The number of carbonyl (C=O) groups is 1. The Labute approximate surface area is 308 Å². The van der Waals surface area contributed by atoms with Gasteiger partial charge in [-0.3, -0.25) is 4.79 Å². The zero-order valence-electron chi connectivity index (χ0n) is 31.2. The lowest BCUT2D eigenvalue weighted by atomic mass is 9.78. The molecule has 10 heterocycles. The van der Waals surface area contributed by atoms with Crippen LogP contribution in [0.25, 0.3) is 0 Å². The SMILES string of the molecule is C=C1C[C@@H]2CC[C@@]34C[C@H]5O[C@H]6[C@@H](O3)[C@H]3O[C@H](CC[C@@H]3O[C@@]6(C)[C@H]5O4)CC(=O)CC3[C@H](CC4O[C@@H](CCC1O2)C[C@@H](C)C4=C)O[C@H](C[C@H](O)CO)[C@@H]3C. The quantitative estimate of drug-likeness (QED) is 0.399. The predicted octanol–water partition coefficient (Wildman–Crippen LogP) is 4.48. The number of hydrogen-bond acceptors (Lipinski definition) is 11. The maximum absolute atomic E-state index is 14.0. The molecule has 290 valence electrons. The fourth-order valence-corrected chi connectivity index (χ4v) is 11.7. The highest BCUT2D eigenvalue weighted by molar-refractivity contribution is 5.79. The number of Topliss-reactive ketones (excluding diaryl/α,β-unsaturated/α-hetero) is 1. The third-order valence-corrected chi connectivity index (χ3v) is 14.6. The van der Waals surface area contributed by atoms with E-state index in [9.17, 15) is 15.0 Å². The Morgan fingerprint density at radius 1 is 0.788 bits per heavy atom. The van der Waals surface area contributed by atoms with E-state index in [1.54, 1.807) is 0 Å². The molecule has 0 aliphatic carbocycles. The van der Waals surface area contributed by atoms with Crippen LogP contribution in [0.3, 0.4) is 0 Å². The molecular formula is C41H60O11. The van der Waals surface area contributed by atoms with E-state index < -0.39 is 17.5 Å². The molecule has 10 fully saturated rings. The zero-order valence-corrected chi connectivity index (χ0v) is 31.2. The van der Waals surface area contributed by atoms with Crippen molar-refractivity contribution in [3.8, 4) is 0 Å². The van der Waals surface area contributed by atoms with Gasteiger partial charge in [-0.2, -0.15) is 0 Å². The summed E-state index contributed by atoms with van der Waals surface area (Å²) in [6.45, 7) is 15.0. The number of rotatable bonds is 3. The van der Waals surface area contributed by atoms with E-state index in [4.69, 9.17) is 37.9 Å². The van der Waals surface area contributed by atoms with Gasteiger partial charge in [-0.15, -0.1) is 0 Å². The number of hydrogen-bond donors (Lipinski definition) is 2. The van der Waals surface area contributed by atoms with Gasteiger partial charge in [0.05, 0.1) is 67.6 Å². The minimum absolute atomic E-state index is 0.0137. The summed E-state index contributed by atoms with van der Waals surface area (Å²) >= 11 is 0. The second-order valence-corrected chi connectivity index (χ2v) is 18.1. The third-order valence-electron chi connectivity index (χ3n) is 14.6. The van der Waals surface area contributed by atoms with Crippen molar-refractivity contribution < 1.29 is 52.9 Å². The molecule has 0 radical (unpaired) electrons. The Morgan fingerprint density at radius 3 is 2.40 bits per heavy atom. The first-order valence-electron chi connectivity index (χ1n) is 20.4. The Bertz CT molecular complexity index is 1400. The van der Waals surface area contributed by atoms with Gasteiger partial charge in [0, 0.05) is 38.5 Å². The number of carbonyl (C=O) groups excluding carboxylic acids is 1. The molecule has 1 spiro atoms. The van der Waals surface area contributed by atoms with Crippen LogP contribution >= 0.6 is 0 Å². The monoisotopic (exact) mass is 728 g/mol. The lowest BCUT2D eigenvalue weighted by Gasteiger charge is -2.51. The van der Waals surface area contributed by atoms with Crippen LogP contribution in [-0.4, -0.2) is 119 Å². The smallest absolute Gasteiger partial charge is 0.172 e. The Kier molecular flexibility index (Phi) is 9.62. The highest BCUT2D eigenvalue weighted by Gasteiger charge is 2.73. The molecule has 10 saturated heterocycles. The molecule has 10 aliphatic heterocycles. The number of ether oxygens (including phenoxy) is 8. The van der Waals surface area contributed by atoms with Crippen molar-refractivity contribution in [2.75, 3.05) is 6.61 Å². The lowest BCUT2D eigenvalue weighted by Crippen LogP contribution is -2.66. The molecule has 19 atom stereocenters. The predicted molar refractivity (Wildman–Crippen MR) is 187 cm³/mol. The van der Waals surface area contributed by atoms with Gasteiger partial charge in [-0.05, 0) is 80.8 Å². The summed E-state index contributed by atoms with van der Waals surface area (Å²) in [7, 11) is 0. The average molecular weight is 729 g/mol. The summed E-state index contributed by atoms with van der Waals surface area (Å²) in [5.74, 6) is -0.406. The second kappa shape index (κ2) is 13.7. The topological polar surface area (TPSA) is 131 Å². The second-order valence-electron chi connectivity index (χ2n) is 18.1. The first-order valence-corrected chi connectivity index (χ1v) is 20.4. The number of aliphatic hydroxyl groups is 2. The molecule has 11 heteroatoms. The fourth-order valence-electron chi connectivity index (χ4n) is 11.7. The largest absolute Gasteiger partial charge is 0.394 e. The first-order chi connectivity index (χ1) is 24.9. The zero-order chi connectivity index (χ0) is 36.1. The van der Waals surface area contributed by atoms with Gasteiger partial charge < -0.3 is 48.1 Å². The maximum atomic E-state index is 14.0.